The topological polar surface area (TPSA) is 33.2 Å². The minimum Gasteiger partial charge on any atom is -0.354 e. The summed E-state index contributed by atoms with van der Waals surface area (Å²) >= 11 is 1.62. The van der Waals surface area contributed by atoms with Gasteiger partial charge in [0.25, 0.3) is 0 Å². The van der Waals surface area contributed by atoms with Crippen LogP contribution in [0.1, 0.15) is 36.1 Å². The fourth-order valence-electron chi connectivity index (χ4n) is 1.31. The lowest BCUT2D eigenvalue weighted by Crippen LogP contribution is -2.08. The van der Waals surface area contributed by atoms with E-state index in [9.17, 15) is 4.79 Å². The Balaban J connectivity index is 3.06. The number of Topliss-reactive ketones (excluding diaryl/α,β-unsaturated/α-hetero) is 1. The molecule has 1 aromatic rings. The van der Waals surface area contributed by atoms with Gasteiger partial charge in [0.2, 0.25) is 0 Å². The molecule has 0 aliphatic carbocycles. The lowest BCUT2D eigenvalue weighted by molar-refractivity contribution is 0.101. The average Bonchev–Trinajstić information content (AvgIpc) is 2.46. The summed E-state index contributed by atoms with van der Waals surface area (Å²) in [5, 5.41) is 0.913. The second-order valence-electron chi connectivity index (χ2n) is 4.32. The Morgan fingerprint density at radius 3 is 2.47 bits per heavy atom. The molecule has 1 aromatic heterocycles. The fourth-order valence-corrected chi connectivity index (χ4v) is 2.56. The van der Waals surface area contributed by atoms with Gasteiger partial charge in [-0.3, -0.25) is 4.79 Å². The molecular weight excluding hydrogens is 208 g/mol. The summed E-state index contributed by atoms with van der Waals surface area (Å²) in [6, 6.07) is 0. The molecule has 4 heteroatoms. The van der Waals surface area contributed by atoms with Crippen LogP contribution in [0.5, 0.6) is 0 Å². The highest BCUT2D eigenvalue weighted by Crippen LogP contribution is 2.27. The van der Waals surface area contributed by atoms with E-state index in [1.165, 1.54) is 0 Å². The van der Waals surface area contributed by atoms with Crippen molar-refractivity contribution in [1.29, 1.82) is 0 Å². The number of thiazole rings is 1. The number of aromatic nitrogens is 1. The van der Waals surface area contributed by atoms with E-state index in [-0.39, 0.29) is 5.78 Å². The standard InChI is InChI=1S/C11H18N2OS/c1-7(2)6-9-10(8(3)14)12-11(15-9)13(4)5/h7H,6H2,1-5H3. The molecule has 0 bridgehead atoms. The van der Waals surface area contributed by atoms with Gasteiger partial charge >= 0.3 is 0 Å². The Kier molecular flexibility index (Phi) is 3.85. The molecule has 0 amide bonds. The van der Waals surface area contributed by atoms with E-state index in [2.05, 4.69) is 18.8 Å². The lowest BCUT2D eigenvalue weighted by atomic mass is 10.1. The third-order valence-corrected chi connectivity index (χ3v) is 3.24. The third-order valence-electron chi connectivity index (χ3n) is 2.00. The summed E-state index contributed by atoms with van der Waals surface area (Å²) < 4.78 is 0. The number of hydrogen-bond donors (Lipinski definition) is 0. The van der Waals surface area contributed by atoms with Crippen LogP contribution in [0.4, 0.5) is 5.13 Å². The molecule has 1 heterocycles. The van der Waals surface area contributed by atoms with Gasteiger partial charge in [-0.05, 0) is 12.3 Å². The first-order chi connectivity index (χ1) is 6.91. The van der Waals surface area contributed by atoms with Crippen LogP contribution in [-0.2, 0) is 6.42 Å². The van der Waals surface area contributed by atoms with Gasteiger partial charge in [0.05, 0.1) is 0 Å². The minimum absolute atomic E-state index is 0.0648. The van der Waals surface area contributed by atoms with E-state index in [4.69, 9.17) is 0 Å². The molecule has 0 aliphatic heterocycles. The van der Waals surface area contributed by atoms with E-state index in [0.29, 0.717) is 11.6 Å². The van der Waals surface area contributed by atoms with Crippen LogP contribution in [0.15, 0.2) is 0 Å². The Labute approximate surface area is 95.1 Å². The van der Waals surface area contributed by atoms with Crippen LogP contribution >= 0.6 is 11.3 Å². The van der Waals surface area contributed by atoms with Crippen LogP contribution in [0.3, 0.4) is 0 Å². The highest BCUT2D eigenvalue weighted by atomic mass is 32.1. The van der Waals surface area contributed by atoms with Crippen molar-refractivity contribution in [3.8, 4) is 0 Å². The second kappa shape index (κ2) is 4.75. The maximum Gasteiger partial charge on any atom is 0.185 e. The van der Waals surface area contributed by atoms with Crippen molar-refractivity contribution >= 4 is 22.3 Å². The quantitative estimate of drug-likeness (QED) is 0.740. The van der Waals surface area contributed by atoms with Gasteiger partial charge < -0.3 is 4.90 Å². The first-order valence-electron chi connectivity index (χ1n) is 5.09. The Hall–Kier alpha value is -0.900. The van der Waals surface area contributed by atoms with Crippen molar-refractivity contribution in [2.75, 3.05) is 19.0 Å². The zero-order valence-corrected chi connectivity index (χ0v) is 10.8. The van der Waals surface area contributed by atoms with E-state index >= 15 is 0 Å². The number of carbonyl (C=O) groups excluding carboxylic acids is 1. The van der Waals surface area contributed by atoms with Gasteiger partial charge in [0, 0.05) is 25.9 Å². The Morgan fingerprint density at radius 1 is 1.47 bits per heavy atom. The third kappa shape index (κ3) is 3.02. The molecule has 0 spiro atoms. The maximum atomic E-state index is 11.4. The first-order valence-corrected chi connectivity index (χ1v) is 5.91. The number of rotatable bonds is 4. The first kappa shape index (κ1) is 12.2. The van der Waals surface area contributed by atoms with Crippen LogP contribution in [0, 0.1) is 5.92 Å². The van der Waals surface area contributed by atoms with Gasteiger partial charge in [-0.1, -0.05) is 13.8 Å². The SMILES string of the molecule is CC(=O)c1nc(N(C)C)sc1CC(C)C. The molecule has 0 aliphatic rings. The number of nitrogens with zero attached hydrogens (tertiary/aromatic N) is 2. The van der Waals surface area contributed by atoms with Crippen LogP contribution in [0.2, 0.25) is 0 Å². The van der Waals surface area contributed by atoms with Crippen molar-refractivity contribution in [3.05, 3.63) is 10.6 Å². The zero-order chi connectivity index (χ0) is 11.6. The summed E-state index contributed by atoms with van der Waals surface area (Å²) in [6.45, 7) is 5.89. The predicted molar refractivity (Wildman–Crippen MR) is 65.0 cm³/mol. The van der Waals surface area contributed by atoms with E-state index in [1.807, 2.05) is 19.0 Å². The number of carbonyl (C=O) groups is 1. The molecule has 0 saturated heterocycles. The van der Waals surface area contributed by atoms with E-state index in [0.717, 1.165) is 16.4 Å². The molecule has 15 heavy (non-hydrogen) atoms. The maximum absolute atomic E-state index is 11.4. The van der Waals surface area contributed by atoms with Gasteiger partial charge in [-0.15, -0.1) is 11.3 Å². The molecule has 0 unspecified atom stereocenters. The Bertz CT molecular complexity index is 355. The summed E-state index contributed by atoms with van der Waals surface area (Å²) in [7, 11) is 3.89. The molecule has 0 N–H and O–H groups in total. The summed E-state index contributed by atoms with van der Waals surface area (Å²) in [6.07, 6.45) is 0.931. The molecule has 0 fully saturated rings. The van der Waals surface area contributed by atoms with Crippen molar-refractivity contribution in [2.45, 2.75) is 27.2 Å². The summed E-state index contributed by atoms with van der Waals surface area (Å²) in [5.41, 5.74) is 0.650. The number of ketones is 1. The molecule has 1 rings (SSSR count). The number of anilines is 1. The fraction of sp³-hybridized carbons (Fsp3) is 0.636. The highest BCUT2D eigenvalue weighted by Gasteiger charge is 2.16. The number of hydrogen-bond acceptors (Lipinski definition) is 4. The smallest absolute Gasteiger partial charge is 0.185 e. The molecule has 0 aromatic carbocycles. The van der Waals surface area contributed by atoms with Gasteiger partial charge in [-0.25, -0.2) is 4.98 Å². The minimum atomic E-state index is 0.0648. The predicted octanol–water partition coefficient (Wildman–Crippen LogP) is 2.61. The zero-order valence-electron chi connectivity index (χ0n) is 10.00. The van der Waals surface area contributed by atoms with Crippen LogP contribution < -0.4 is 4.90 Å². The molecular formula is C11H18N2OS. The van der Waals surface area contributed by atoms with Gasteiger partial charge in [0.15, 0.2) is 10.9 Å². The van der Waals surface area contributed by atoms with Gasteiger partial charge in [-0.2, -0.15) is 0 Å². The lowest BCUT2D eigenvalue weighted by Gasteiger charge is -2.05. The van der Waals surface area contributed by atoms with Crippen LogP contribution in [0.25, 0.3) is 0 Å². The molecule has 3 nitrogen and oxygen atoms in total. The normalized spacial score (nSPS) is 10.8. The van der Waals surface area contributed by atoms with Crippen molar-refractivity contribution in [3.63, 3.8) is 0 Å². The average molecular weight is 226 g/mol. The highest BCUT2D eigenvalue weighted by molar-refractivity contribution is 7.15. The van der Waals surface area contributed by atoms with E-state index < -0.39 is 0 Å². The van der Waals surface area contributed by atoms with Crippen LogP contribution in [-0.4, -0.2) is 24.9 Å². The molecule has 0 saturated carbocycles. The molecule has 0 radical (unpaired) electrons. The second-order valence-corrected chi connectivity index (χ2v) is 5.38. The van der Waals surface area contributed by atoms with Crippen molar-refractivity contribution < 1.29 is 4.79 Å². The van der Waals surface area contributed by atoms with E-state index in [1.54, 1.807) is 18.3 Å². The Morgan fingerprint density at radius 2 is 2.07 bits per heavy atom. The van der Waals surface area contributed by atoms with Crippen molar-refractivity contribution in [1.82, 2.24) is 4.98 Å². The largest absolute Gasteiger partial charge is 0.354 e. The summed E-state index contributed by atoms with van der Waals surface area (Å²) in [5.74, 6) is 0.619. The van der Waals surface area contributed by atoms with Gasteiger partial charge in [0.1, 0.15) is 5.69 Å². The molecule has 84 valence electrons. The monoisotopic (exact) mass is 226 g/mol. The summed E-state index contributed by atoms with van der Waals surface area (Å²) in [4.78, 5) is 18.8. The van der Waals surface area contributed by atoms with Crippen molar-refractivity contribution in [2.24, 2.45) is 5.92 Å². The molecule has 0 atom stereocenters.